The predicted octanol–water partition coefficient (Wildman–Crippen LogP) is 2.52. The first-order chi connectivity index (χ1) is 8.41. The third-order valence-electron chi connectivity index (χ3n) is 4.30. The van der Waals surface area contributed by atoms with Crippen molar-refractivity contribution in [2.75, 3.05) is 19.6 Å². The average molecular weight is 254 g/mol. The molecule has 0 bridgehead atoms. The normalized spacial score (nSPS) is 18.1. The van der Waals surface area contributed by atoms with Crippen molar-refractivity contribution >= 4 is 5.91 Å². The molecular weight excluding hydrogens is 224 g/mol. The Hall–Kier alpha value is -0.570. The Morgan fingerprint density at radius 3 is 2.06 bits per heavy atom. The van der Waals surface area contributed by atoms with Gasteiger partial charge in [0, 0.05) is 26.1 Å². The number of nitrogens with one attached hydrogen (secondary N) is 1. The Labute approximate surface area is 112 Å². The van der Waals surface area contributed by atoms with Gasteiger partial charge in [-0.3, -0.25) is 4.79 Å². The van der Waals surface area contributed by atoms with Crippen molar-refractivity contribution in [3.8, 4) is 0 Å². The standard InChI is InChI=1S/C15H30N2O/c1-11(2)15(12(3)4)10-16-14-6-8-17(9-7-14)13(5)18/h11-12,14-16H,6-10H2,1-5H3. The summed E-state index contributed by atoms with van der Waals surface area (Å²) in [5.74, 6) is 2.43. The van der Waals surface area contributed by atoms with Gasteiger partial charge in [0.1, 0.15) is 0 Å². The molecule has 1 fully saturated rings. The van der Waals surface area contributed by atoms with Gasteiger partial charge in [-0.05, 0) is 37.1 Å². The highest BCUT2D eigenvalue weighted by Crippen LogP contribution is 2.20. The van der Waals surface area contributed by atoms with Crippen LogP contribution in [0.4, 0.5) is 0 Å². The number of likely N-dealkylation sites (tertiary alicyclic amines) is 1. The van der Waals surface area contributed by atoms with E-state index in [2.05, 4.69) is 33.0 Å². The molecule has 0 aliphatic carbocycles. The molecule has 0 spiro atoms. The Kier molecular flexibility index (Phi) is 6.13. The third-order valence-corrected chi connectivity index (χ3v) is 4.30. The number of piperidine rings is 1. The van der Waals surface area contributed by atoms with Crippen molar-refractivity contribution in [2.45, 2.75) is 53.5 Å². The molecule has 106 valence electrons. The number of rotatable bonds is 5. The fourth-order valence-corrected chi connectivity index (χ4v) is 2.94. The van der Waals surface area contributed by atoms with Crippen LogP contribution in [-0.4, -0.2) is 36.5 Å². The Morgan fingerprint density at radius 2 is 1.67 bits per heavy atom. The smallest absolute Gasteiger partial charge is 0.219 e. The van der Waals surface area contributed by atoms with Gasteiger partial charge in [0.05, 0.1) is 0 Å². The van der Waals surface area contributed by atoms with Gasteiger partial charge in [-0.25, -0.2) is 0 Å². The minimum atomic E-state index is 0.218. The predicted molar refractivity (Wildman–Crippen MR) is 76.4 cm³/mol. The van der Waals surface area contributed by atoms with Gasteiger partial charge in [0.15, 0.2) is 0 Å². The summed E-state index contributed by atoms with van der Waals surface area (Å²) in [7, 11) is 0. The monoisotopic (exact) mass is 254 g/mol. The summed E-state index contributed by atoms with van der Waals surface area (Å²) in [5.41, 5.74) is 0. The summed E-state index contributed by atoms with van der Waals surface area (Å²) in [6, 6.07) is 0.598. The van der Waals surface area contributed by atoms with Crippen LogP contribution in [0.25, 0.3) is 0 Å². The molecule has 18 heavy (non-hydrogen) atoms. The average Bonchev–Trinajstić information content (AvgIpc) is 2.28. The molecule has 3 nitrogen and oxygen atoms in total. The first-order valence-corrected chi connectivity index (χ1v) is 7.40. The Balaban J connectivity index is 2.30. The molecule has 0 unspecified atom stereocenters. The molecule has 0 aromatic rings. The molecule has 0 aromatic carbocycles. The Morgan fingerprint density at radius 1 is 1.17 bits per heavy atom. The van der Waals surface area contributed by atoms with Crippen LogP contribution in [0.5, 0.6) is 0 Å². The number of hydrogen-bond acceptors (Lipinski definition) is 2. The fraction of sp³-hybridized carbons (Fsp3) is 0.933. The van der Waals surface area contributed by atoms with Gasteiger partial charge in [0.25, 0.3) is 0 Å². The molecule has 1 heterocycles. The van der Waals surface area contributed by atoms with E-state index in [9.17, 15) is 4.79 Å². The maximum atomic E-state index is 11.3. The van der Waals surface area contributed by atoms with E-state index in [1.807, 2.05) is 4.90 Å². The summed E-state index contributed by atoms with van der Waals surface area (Å²) in [5, 5.41) is 3.71. The van der Waals surface area contributed by atoms with E-state index in [1.54, 1.807) is 6.92 Å². The van der Waals surface area contributed by atoms with Crippen LogP contribution in [-0.2, 0) is 4.79 Å². The topological polar surface area (TPSA) is 32.3 Å². The maximum Gasteiger partial charge on any atom is 0.219 e. The molecule has 0 atom stereocenters. The molecule has 1 aliphatic rings. The second-order valence-corrected chi connectivity index (χ2v) is 6.34. The van der Waals surface area contributed by atoms with Crippen molar-refractivity contribution in [1.29, 1.82) is 0 Å². The lowest BCUT2D eigenvalue weighted by atomic mass is 9.85. The molecule has 0 saturated carbocycles. The molecule has 1 aliphatic heterocycles. The van der Waals surface area contributed by atoms with E-state index in [4.69, 9.17) is 0 Å². The quantitative estimate of drug-likeness (QED) is 0.817. The maximum absolute atomic E-state index is 11.3. The summed E-state index contributed by atoms with van der Waals surface area (Å²) in [6.07, 6.45) is 2.20. The summed E-state index contributed by atoms with van der Waals surface area (Å²) in [4.78, 5) is 13.2. The first kappa shape index (κ1) is 15.5. The molecule has 1 rings (SSSR count). The molecule has 0 aromatic heterocycles. The van der Waals surface area contributed by atoms with Crippen molar-refractivity contribution < 1.29 is 4.79 Å². The van der Waals surface area contributed by atoms with Crippen molar-refractivity contribution in [3.63, 3.8) is 0 Å². The zero-order valence-corrected chi connectivity index (χ0v) is 12.7. The van der Waals surface area contributed by atoms with Gasteiger partial charge >= 0.3 is 0 Å². The van der Waals surface area contributed by atoms with E-state index >= 15 is 0 Å². The van der Waals surface area contributed by atoms with Crippen LogP contribution < -0.4 is 5.32 Å². The van der Waals surface area contributed by atoms with Crippen LogP contribution in [0, 0.1) is 17.8 Å². The van der Waals surface area contributed by atoms with Gasteiger partial charge in [-0.2, -0.15) is 0 Å². The zero-order chi connectivity index (χ0) is 13.7. The van der Waals surface area contributed by atoms with Crippen LogP contribution >= 0.6 is 0 Å². The molecule has 1 saturated heterocycles. The van der Waals surface area contributed by atoms with Crippen molar-refractivity contribution in [3.05, 3.63) is 0 Å². The second-order valence-electron chi connectivity index (χ2n) is 6.34. The van der Waals surface area contributed by atoms with Crippen molar-refractivity contribution in [2.24, 2.45) is 17.8 Å². The molecule has 1 amide bonds. The van der Waals surface area contributed by atoms with Crippen LogP contribution in [0.2, 0.25) is 0 Å². The summed E-state index contributed by atoms with van der Waals surface area (Å²) in [6.45, 7) is 13.9. The number of carbonyl (C=O) groups is 1. The summed E-state index contributed by atoms with van der Waals surface area (Å²) < 4.78 is 0. The van der Waals surface area contributed by atoms with Gasteiger partial charge in [-0.1, -0.05) is 27.7 Å². The first-order valence-electron chi connectivity index (χ1n) is 7.40. The van der Waals surface area contributed by atoms with Crippen LogP contribution in [0.15, 0.2) is 0 Å². The number of amides is 1. The highest BCUT2D eigenvalue weighted by molar-refractivity contribution is 5.73. The van der Waals surface area contributed by atoms with E-state index in [-0.39, 0.29) is 5.91 Å². The lowest BCUT2D eigenvalue weighted by Crippen LogP contribution is -2.46. The largest absolute Gasteiger partial charge is 0.343 e. The van der Waals surface area contributed by atoms with E-state index in [0.29, 0.717) is 6.04 Å². The minimum Gasteiger partial charge on any atom is -0.343 e. The van der Waals surface area contributed by atoms with Crippen LogP contribution in [0.1, 0.15) is 47.5 Å². The molecule has 0 radical (unpaired) electrons. The van der Waals surface area contributed by atoms with Gasteiger partial charge in [0.2, 0.25) is 5.91 Å². The van der Waals surface area contributed by atoms with Crippen LogP contribution in [0.3, 0.4) is 0 Å². The lowest BCUT2D eigenvalue weighted by Gasteiger charge is -2.34. The highest BCUT2D eigenvalue weighted by Gasteiger charge is 2.23. The van der Waals surface area contributed by atoms with Gasteiger partial charge in [-0.15, -0.1) is 0 Å². The highest BCUT2D eigenvalue weighted by atomic mass is 16.2. The summed E-state index contributed by atoms with van der Waals surface area (Å²) >= 11 is 0. The van der Waals surface area contributed by atoms with Gasteiger partial charge < -0.3 is 10.2 Å². The van der Waals surface area contributed by atoms with E-state index < -0.39 is 0 Å². The van der Waals surface area contributed by atoms with Crippen molar-refractivity contribution in [1.82, 2.24) is 10.2 Å². The lowest BCUT2D eigenvalue weighted by molar-refractivity contribution is -0.129. The zero-order valence-electron chi connectivity index (χ0n) is 12.7. The Bertz CT molecular complexity index is 247. The second kappa shape index (κ2) is 7.13. The number of nitrogens with zero attached hydrogens (tertiary/aromatic N) is 1. The molecule has 3 heteroatoms. The van der Waals surface area contributed by atoms with E-state index in [0.717, 1.165) is 50.2 Å². The molecule has 1 N–H and O–H groups in total. The third kappa shape index (κ3) is 4.60. The molecular formula is C15H30N2O. The van der Waals surface area contributed by atoms with E-state index in [1.165, 1.54) is 0 Å². The minimum absolute atomic E-state index is 0.218. The number of carbonyl (C=O) groups excluding carboxylic acids is 1. The fourth-order valence-electron chi connectivity index (χ4n) is 2.94. The number of hydrogen-bond donors (Lipinski definition) is 1. The SMILES string of the molecule is CC(=O)N1CCC(NCC(C(C)C)C(C)C)CC1.